The number of nitrogens with zero attached hydrogens (tertiary/aromatic N) is 1. The van der Waals surface area contributed by atoms with Crippen LogP contribution in [0.5, 0.6) is 5.75 Å². The van der Waals surface area contributed by atoms with Gasteiger partial charge >= 0.3 is 6.18 Å². The van der Waals surface area contributed by atoms with E-state index in [-0.39, 0.29) is 18.4 Å². The first-order valence-corrected chi connectivity index (χ1v) is 7.68. The van der Waals surface area contributed by atoms with Gasteiger partial charge < -0.3 is 4.74 Å². The van der Waals surface area contributed by atoms with E-state index in [1.54, 1.807) is 0 Å². The highest BCUT2D eigenvalue weighted by molar-refractivity contribution is 5.31. The van der Waals surface area contributed by atoms with E-state index in [1.165, 1.54) is 5.56 Å². The van der Waals surface area contributed by atoms with Crippen molar-refractivity contribution in [2.45, 2.75) is 38.8 Å². The van der Waals surface area contributed by atoms with E-state index in [9.17, 15) is 13.2 Å². The summed E-state index contributed by atoms with van der Waals surface area (Å²) >= 11 is 0. The Kier molecular flexibility index (Phi) is 5.05. The van der Waals surface area contributed by atoms with Crippen LogP contribution in [0.15, 0.2) is 24.3 Å². The number of ether oxygens (including phenoxy) is 1. The van der Waals surface area contributed by atoms with E-state index in [2.05, 4.69) is 20.8 Å². The quantitative estimate of drug-likeness (QED) is 0.824. The van der Waals surface area contributed by atoms with E-state index in [0.29, 0.717) is 19.7 Å². The molecule has 1 aliphatic rings. The molecule has 1 aliphatic heterocycles. The van der Waals surface area contributed by atoms with Crippen molar-refractivity contribution >= 4 is 0 Å². The molecule has 1 aromatic rings. The van der Waals surface area contributed by atoms with Crippen LogP contribution < -0.4 is 4.74 Å². The van der Waals surface area contributed by atoms with Crippen molar-refractivity contribution in [3.05, 3.63) is 29.8 Å². The van der Waals surface area contributed by atoms with E-state index in [1.807, 2.05) is 29.2 Å². The van der Waals surface area contributed by atoms with Gasteiger partial charge in [-0.25, -0.2) is 0 Å². The molecule has 124 valence electrons. The normalized spacial score (nSPS) is 20.4. The van der Waals surface area contributed by atoms with Gasteiger partial charge in [-0.15, -0.1) is 0 Å². The molecule has 2 rings (SSSR count). The minimum absolute atomic E-state index is 0.0931. The SMILES string of the molecule is CC(C)(C)c1ccc(OCCN2CCC(C(F)(F)F)C2)cc1. The van der Waals surface area contributed by atoms with Gasteiger partial charge in [-0.3, -0.25) is 4.90 Å². The van der Waals surface area contributed by atoms with Crippen LogP contribution in [-0.2, 0) is 5.41 Å². The van der Waals surface area contributed by atoms with Gasteiger partial charge in [0.15, 0.2) is 0 Å². The first-order valence-electron chi connectivity index (χ1n) is 7.68. The van der Waals surface area contributed by atoms with Gasteiger partial charge in [0.05, 0.1) is 5.92 Å². The summed E-state index contributed by atoms with van der Waals surface area (Å²) < 4.78 is 43.4. The predicted molar refractivity (Wildman–Crippen MR) is 81.2 cm³/mol. The molecule has 1 heterocycles. The Morgan fingerprint density at radius 3 is 2.27 bits per heavy atom. The summed E-state index contributed by atoms with van der Waals surface area (Å²) in [7, 11) is 0. The lowest BCUT2D eigenvalue weighted by Gasteiger charge is -2.20. The topological polar surface area (TPSA) is 12.5 Å². The zero-order valence-corrected chi connectivity index (χ0v) is 13.4. The van der Waals surface area contributed by atoms with Gasteiger partial charge in [0.25, 0.3) is 0 Å². The van der Waals surface area contributed by atoms with Crippen molar-refractivity contribution in [3.63, 3.8) is 0 Å². The van der Waals surface area contributed by atoms with Crippen LogP contribution in [0.25, 0.3) is 0 Å². The number of rotatable bonds is 4. The van der Waals surface area contributed by atoms with Crippen LogP contribution in [0, 0.1) is 5.92 Å². The molecule has 0 bridgehead atoms. The summed E-state index contributed by atoms with van der Waals surface area (Å²) in [4.78, 5) is 1.82. The van der Waals surface area contributed by atoms with Crippen molar-refractivity contribution < 1.29 is 17.9 Å². The largest absolute Gasteiger partial charge is 0.492 e. The summed E-state index contributed by atoms with van der Waals surface area (Å²) in [5.41, 5.74) is 1.33. The van der Waals surface area contributed by atoms with Gasteiger partial charge in [0.1, 0.15) is 12.4 Å². The number of alkyl halides is 3. The minimum Gasteiger partial charge on any atom is -0.492 e. The van der Waals surface area contributed by atoms with Crippen LogP contribution in [0.4, 0.5) is 13.2 Å². The van der Waals surface area contributed by atoms with Crippen LogP contribution in [0.2, 0.25) is 0 Å². The second-order valence-corrected chi connectivity index (χ2v) is 6.95. The molecular formula is C17H24F3NO. The molecule has 22 heavy (non-hydrogen) atoms. The average Bonchev–Trinajstić information content (AvgIpc) is 2.87. The molecule has 1 atom stereocenters. The smallest absolute Gasteiger partial charge is 0.393 e. The third-order valence-electron chi connectivity index (χ3n) is 4.13. The van der Waals surface area contributed by atoms with Gasteiger partial charge in [0.2, 0.25) is 0 Å². The lowest BCUT2D eigenvalue weighted by Crippen LogP contribution is -2.30. The Bertz CT molecular complexity index is 476. The zero-order chi connectivity index (χ0) is 16.4. The fourth-order valence-corrected chi connectivity index (χ4v) is 2.65. The van der Waals surface area contributed by atoms with Crippen molar-refractivity contribution in [3.8, 4) is 5.75 Å². The van der Waals surface area contributed by atoms with Crippen molar-refractivity contribution in [1.82, 2.24) is 4.90 Å². The van der Waals surface area contributed by atoms with Crippen molar-refractivity contribution in [1.29, 1.82) is 0 Å². The molecule has 0 spiro atoms. The van der Waals surface area contributed by atoms with E-state index < -0.39 is 12.1 Å². The van der Waals surface area contributed by atoms with E-state index in [4.69, 9.17) is 4.74 Å². The molecule has 1 saturated heterocycles. The third kappa shape index (κ3) is 4.63. The van der Waals surface area contributed by atoms with Crippen LogP contribution in [0.1, 0.15) is 32.8 Å². The molecule has 1 unspecified atom stereocenters. The molecule has 0 N–H and O–H groups in total. The summed E-state index contributed by atoms with van der Waals surface area (Å²) in [5.74, 6) is -0.418. The van der Waals surface area contributed by atoms with Gasteiger partial charge in [-0.05, 0) is 36.1 Å². The van der Waals surface area contributed by atoms with Gasteiger partial charge in [0, 0.05) is 13.1 Å². The highest BCUT2D eigenvalue weighted by Gasteiger charge is 2.43. The molecule has 0 aliphatic carbocycles. The maximum absolute atomic E-state index is 12.6. The first-order chi connectivity index (χ1) is 10.2. The van der Waals surface area contributed by atoms with Crippen LogP contribution in [-0.4, -0.2) is 37.3 Å². The maximum atomic E-state index is 12.6. The lowest BCUT2D eigenvalue weighted by molar-refractivity contribution is -0.170. The first kappa shape index (κ1) is 17.1. The second-order valence-electron chi connectivity index (χ2n) is 6.95. The number of benzene rings is 1. The fraction of sp³-hybridized carbons (Fsp3) is 0.647. The summed E-state index contributed by atoms with van der Waals surface area (Å²) in [5, 5.41) is 0. The Morgan fingerprint density at radius 1 is 1.14 bits per heavy atom. The molecule has 1 fully saturated rings. The molecule has 1 aromatic carbocycles. The van der Waals surface area contributed by atoms with E-state index >= 15 is 0 Å². The summed E-state index contributed by atoms with van der Waals surface area (Å²) in [6.07, 6.45) is -3.87. The molecule has 5 heteroatoms. The molecule has 0 amide bonds. The summed E-state index contributed by atoms with van der Waals surface area (Å²) in [6.45, 7) is 7.98. The lowest BCUT2D eigenvalue weighted by atomic mass is 9.87. The Morgan fingerprint density at radius 2 is 1.77 bits per heavy atom. The molecule has 0 aromatic heterocycles. The number of hydrogen-bond acceptors (Lipinski definition) is 2. The van der Waals surface area contributed by atoms with Crippen molar-refractivity contribution in [2.75, 3.05) is 26.2 Å². The average molecular weight is 315 g/mol. The van der Waals surface area contributed by atoms with Crippen molar-refractivity contribution in [2.24, 2.45) is 5.92 Å². The molecule has 0 radical (unpaired) electrons. The zero-order valence-electron chi connectivity index (χ0n) is 13.4. The maximum Gasteiger partial charge on any atom is 0.393 e. The van der Waals surface area contributed by atoms with Crippen LogP contribution >= 0.6 is 0 Å². The number of hydrogen-bond donors (Lipinski definition) is 0. The number of halogens is 3. The Labute approximate surface area is 130 Å². The number of likely N-dealkylation sites (tertiary alicyclic amines) is 1. The fourth-order valence-electron chi connectivity index (χ4n) is 2.65. The predicted octanol–water partition coefficient (Wildman–Crippen LogP) is 4.25. The standard InChI is InChI=1S/C17H24F3NO/c1-16(2,3)13-4-6-15(7-5-13)22-11-10-21-9-8-14(12-21)17(18,19)20/h4-7,14H,8-12H2,1-3H3. The molecular weight excluding hydrogens is 291 g/mol. The Balaban J connectivity index is 1.76. The highest BCUT2D eigenvalue weighted by atomic mass is 19.4. The highest BCUT2D eigenvalue weighted by Crippen LogP contribution is 2.33. The van der Waals surface area contributed by atoms with E-state index in [0.717, 1.165) is 5.75 Å². The van der Waals surface area contributed by atoms with Crippen LogP contribution in [0.3, 0.4) is 0 Å². The molecule has 2 nitrogen and oxygen atoms in total. The summed E-state index contributed by atoms with van der Waals surface area (Å²) in [6, 6.07) is 7.90. The second kappa shape index (κ2) is 6.49. The Hall–Kier alpha value is -1.23. The third-order valence-corrected chi connectivity index (χ3v) is 4.13. The molecule has 0 saturated carbocycles. The van der Waals surface area contributed by atoms with Gasteiger partial charge in [-0.2, -0.15) is 13.2 Å². The monoisotopic (exact) mass is 315 g/mol. The minimum atomic E-state index is -4.07. The van der Waals surface area contributed by atoms with Gasteiger partial charge in [-0.1, -0.05) is 32.9 Å².